The maximum Gasteiger partial charge on any atom is 0.422 e. The van der Waals surface area contributed by atoms with Gasteiger partial charge >= 0.3 is 6.18 Å². The summed E-state index contributed by atoms with van der Waals surface area (Å²) in [5.74, 6) is 1.26. The van der Waals surface area contributed by atoms with E-state index in [2.05, 4.69) is 25.3 Å². The van der Waals surface area contributed by atoms with Gasteiger partial charge in [-0.3, -0.25) is 4.99 Å². The highest BCUT2D eigenvalue weighted by Crippen LogP contribution is 2.16. The molecule has 2 aromatic heterocycles. The molecule has 0 spiro atoms. The second-order valence-electron chi connectivity index (χ2n) is 4.77. The smallest absolute Gasteiger partial charge is 0.422 e. The quantitative estimate of drug-likeness (QED) is 0.386. The SMILES string of the molecule is CN=C(NCc1ccc(OCC(F)(F)F)nc1)NCc1ccco1.I. The molecule has 2 rings (SSSR count). The summed E-state index contributed by atoms with van der Waals surface area (Å²) >= 11 is 0. The summed E-state index contributed by atoms with van der Waals surface area (Å²) in [6.07, 6.45) is -1.35. The topological polar surface area (TPSA) is 71.7 Å². The maximum atomic E-state index is 12.1. The Morgan fingerprint density at radius 1 is 1.24 bits per heavy atom. The lowest BCUT2D eigenvalue weighted by Gasteiger charge is -2.11. The van der Waals surface area contributed by atoms with Gasteiger partial charge in [-0.05, 0) is 17.7 Å². The number of aliphatic imine (C=N–C) groups is 1. The van der Waals surface area contributed by atoms with Crippen molar-refractivity contribution in [1.29, 1.82) is 0 Å². The van der Waals surface area contributed by atoms with E-state index >= 15 is 0 Å². The van der Waals surface area contributed by atoms with Crippen LogP contribution in [0.2, 0.25) is 0 Å². The molecule has 10 heteroatoms. The molecule has 0 amide bonds. The van der Waals surface area contributed by atoms with Crippen LogP contribution in [0.5, 0.6) is 5.88 Å². The third-order valence-electron chi connectivity index (χ3n) is 2.88. The van der Waals surface area contributed by atoms with Crippen LogP contribution in [0.25, 0.3) is 0 Å². The number of nitrogens with zero attached hydrogens (tertiary/aromatic N) is 2. The van der Waals surface area contributed by atoms with Crippen LogP contribution in [-0.4, -0.2) is 30.8 Å². The third kappa shape index (κ3) is 8.09. The molecule has 0 unspecified atom stereocenters. The van der Waals surface area contributed by atoms with Crippen molar-refractivity contribution >= 4 is 29.9 Å². The average Bonchev–Trinajstić information content (AvgIpc) is 3.07. The van der Waals surface area contributed by atoms with Gasteiger partial charge in [0.1, 0.15) is 5.76 Å². The van der Waals surface area contributed by atoms with Crippen LogP contribution in [0.3, 0.4) is 0 Å². The van der Waals surface area contributed by atoms with Crippen LogP contribution in [0.4, 0.5) is 13.2 Å². The Labute approximate surface area is 159 Å². The number of alkyl halides is 3. The molecule has 0 bridgehead atoms. The molecule has 0 fully saturated rings. The molecule has 0 saturated heterocycles. The van der Waals surface area contributed by atoms with E-state index in [9.17, 15) is 13.2 Å². The number of hydrogen-bond acceptors (Lipinski definition) is 4. The Balaban J connectivity index is 0.00000312. The molecule has 0 aliphatic carbocycles. The summed E-state index contributed by atoms with van der Waals surface area (Å²) in [7, 11) is 1.63. The summed E-state index contributed by atoms with van der Waals surface area (Å²) in [5.41, 5.74) is 0.773. The van der Waals surface area contributed by atoms with Crippen molar-refractivity contribution in [3.63, 3.8) is 0 Å². The Hall–Kier alpha value is -1.98. The zero-order chi connectivity index (χ0) is 17.4. The first-order valence-electron chi connectivity index (χ1n) is 7.07. The summed E-state index contributed by atoms with van der Waals surface area (Å²) in [4.78, 5) is 7.89. The van der Waals surface area contributed by atoms with Crippen molar-refractivity contribution in [1.82, 2.24) is 15.6 Å². The molecule has 0 aromatic carbocycles. The number of guanidine groups is 1. The van der Waals surface area contributed by atoms with Gasteiger partial charge in [0, 0.05) is 25.9 Å². The molecule has 2 heterocycles. The van der Waals surface area contributed by atoms with Gasteiger partial charge in [0.2, 0.25) is 5.88 Å². The molecule has 0 atom stereocenters. The fourth-order valence-electron chi connectivity index (χ4n) is 1.75. The molecule has 0 saturated carbocycles. The van der Waals surface area contributed by atoms with Crippen LogP contribution in [-0.2, 0) is 13.1 Å². The first kappa shape index (κ1) is 21.1. The molecule has 138 valence electrons. The first-order valence-corrected chi connectivity index (χ1v) is 7.07. The van der Waals surface area contributed by atoms with E-state index in [1.807, 2.05) is 6.07 Å². The van der Waals surface area contributed by atoms with Gasteiger partial charge in [0.15, 0.2) is 12.6 Å². The molecule has 6 nitrogen and oxygen atoms in total. The monoisotopic (exact) mass is 470 g/mol. The Kier molecular flexibility index (Phi) is 8.52. The lowest BCUT2D eigenvalue weighted by atomic mass is 10.3. The van der Waals surface area contributed by atoms with E-state index in [1.54, 1.807) is 25.4 Å². The normalized spacial score (nSPS) is 11.6. The third-order valence-corrected chi connectivity index (χ3v) is 2.88. The van der Waals surface area contributed by atoms with Crippen molar-refractivity contribution in [2.24, 2.45) is 4.99 Å². The summed E-state index contributed by atoms with van der Waals surface area (Å²) in [5, 5.41) is 6.13. The number of hydrogen-bond donors (Lipinski definition) is 2. The predicted molar refractivity (Wildman–Crippen MR) is 96.9 cm³/mol. The average molecular weight is 470 g/mol. The summed E-state index contributed by atoms with van der Waals surface area (Å²) in [6.45, 7) is -0.472. The van der Waals surface area contributed by atoms with Crippen LogP contribution >= 0.6 is 24.0 Å². The molecular formula is C15H18F3IN4O2. The van der Waals surface area contributed by atoms with Crippen LogP contribution < -0.4 is 15.4 Å². The van der Waals surface area contributed by atoms with Gasteiger partial charge in [-0.25, -0.2) is 4.98 Å². The summed E-state index contributed by atoms with van der Waals surface area (Å²) in [6, 6.07) is 6.65. The Morgan fingerprint density at radius 3 is 2.56 bits per heavy atom. The standard InChI is InChI=1S/C15H17F3N4O2.HI/c1-19-14(22-9-12-3-2-6-23-12)21-8-11-4-5-13(20-7-11)24-10-15(16,17)18;/h2-7H,8-10H2,1H3,(H2,19,21,22);1H. The van der Waals surface area contributed by atoms with E-state index in [0.717, 1.165) is 11.3 Å². The highest BCUT2D eigenvalue weighted by Gasteiger charge is 2.28. The second-order valence-corrected chi connectivity index (χ2v) is 4.77. The molecule has 25 heavy (non-hydrogen) atoms. The van der Waals surface area contributed by atoms with E-state index in [0.29, 0.717) is 19.0 Å². The van der Waals surface area contributed by atoms with Gasteiger partial charge in [0.05, 0.1) is 12.8 Å². The molecule has 2 aromatic rings. The zero-order valence-electron chi connectivity index (χ0n) is 13.3. The Bertz CT molecular complexity index is 646. The number of nitrogens with one attached hydrogen (secondary N) is 2. The highest BCUT2D eigenvalue weighted by atomic mass is 127. The lowest BCUT2D eigenvalue weighted by molar-refractivity contribution is -0.154. The minimum absolute atomic E-state index is 0. The van der Waals surface area contributed by atoms with E-state index in [1.165, 1.54) is 12.3 Å². The fourth-order valence-corrected chi connectivity index (χ4v) is 1.75. The van der Waals surface area contributed by atoms with Crippen LogP contribution in [0.1, 0.15) is 11.3 Å². The van der Waals surface area contributed by atoms with Gasteiger partial charge in [-0.1, -0.05) is 6.07 Å². The highest BCUT2D eigenvalue weighted by molar-refractivity contribution is 14.0. The van der Waals surface area contributed by atoms with Crippen molar-refractivity contribution in [3.8, 4) is 5.88 Å². The van der Waals surface area contributed by atoms with Crippen molar-refractivity contribution in [3.05, 3.63) is 48.0 Å². The van der Waals surface area contributed by atoms with Crippen molar-refractivity contribution in [2.75, 3.05) is 13.7 Å². The Morgan fingerprint density at radius 2 is 2.00 bits per heavy atom. The molecular weight excluding hydrogens is 452 g/mol. The van der Waals surface area contributed by atoms with Gasteiger partial charge in [0.25, 0.3) is 0 Å². The minimum atomic E-state index is -4.38. The van der Waals surface area contributed by atoms with Crippen molar-refractivity contribution in [2.45, 2.75) is 19.3 Å². The van der Waals surface area contributed by atoms with E-state index in [4.69, 9.17) is 4.42 Å². The summed E-state index contributed by atoms with van der Waals surface area (Å²) < 4.78 is 45.9. The number of halogens is 4. The van der Waals surface area contributed by atoms with Crippen molar-refractivity contribution < 1.29 is 22.3 Å². The molecule has 0 radical (unpaired) electrons. The van der Waals surface area contributed by atoms with Gasteiger partial charge < -0.3 is 19.8 Å². The second kappa shape index (κ2) is 10.1. The first-order chi connectivity index (χ1) is 11.5. The van der Waals surface area contributed by atoms with Gasteiger partial charge in [-0.15, -0.1) is 24.0 Å². The minimum Gasteiger partial charge on any atom is -0.468 e. The van der Waals surface area contributed by atoms with E-state index in [-0.39, 0.29) is 29.9 Å². The number of rotatable bonds is 6. The lowest BCUT2D eigenvalue weighted by Crippen LogP contribution is -2.36. The predicted octanol–water partition coefficient (Wildman–Crippen LogP) is 3.10. The number of aromatic nitrogens is 1. The number of pyridine rings is 1. The largest absolute Gasteiger partial charge is 0.468 e. The zero-order valence-corrected chi connectivity index (χ0v) is 15.7. The fraction of sp³-hybridized carbons (Fsp3) is 0.333. The van der Waals surface area contributed by atoms with E-state index < -0.39 is 12.8 Å². The van der Waals surface area contributed by atoms with Gasteiger partial charge in [-0.2, -0.15) is 13.2 Å². The maximum absolute atomic E-state index is 12.1. The van der Waals surface area contributed by atoms with Crippen LogP contribution in [0.15, 0.2) is 46.1 Å². The molecule has 2 N–H and O–H groups in total. The molecule has 0 aliphatic rings. The van der Waals surface area contributed by atoms with Crippen LogP contribution in [0, 0.1) is 0 Å². The number of ether oxygens (including phenoxy) is 1. The molecule has 0 aliphatic heterocycles. The number of furan rings is 1.